The fourth-order valence-electron chi connectivity index (χ4n) is 4.25. The molecule has 0 saturated carbocycles. The Bertz CT molecular complexity index is 1300. The number of fused-ring (bicyclic) bond motifs is 1. The van der Waals surface area contributed by atoms with E-state index in [0.29, 0.717) is 22.3 Å². The molecular weight excluding hydrogens is 446 g/mol. The van der Waals surface area contributed by atoms with Crippen molar-refractivity contribution in [3.63, 3.8) is 0 Å². The Kier molecular flexibility index (Phi) is 6.17. The van der Waals surface area contributed by atoms with Crippen molar-refractivity contribution in [2.75, 3.05) is 43.4 Å². The van der Waals surface area contributed by atoms with Crippen LogP contribution in [0.2, 0.25) is 0 Å². The van der Waals surface area contributed by atoms with Crippen LogP contribution in [-0.4, -0.2) is 60.0 Å². The van der Waals surface area contributed by atoms with Crippen molar-refractivity contribution in [1.29, 1.82) is 0 Å². The zero-order valence-electron chi connectivity index (χ0n) is 19.2. The average Bonchev–Trinajstić information content (AvgIpc) is 3.54. The molecule has 174 valence electrons. The van der Waals surface area contributed by atoms with Gasteiger partial charge in [-0.15, -0.1) is 11.3 Å². The summed E-state index contributed by atoms with van der Waals surface area (Å²) in [5.74, 6) is 0.00659. The van der Waals surface area contributed by atoms with Gasteiger partial charge in [0.15, 0.2) is 11.6 Å². The number of likely N-dealkylation sites (N-methyl/N-ethyl adjacent to an activating group) is 1. The van der Waals surface area contributed by atoms with Gasteiger partial charge in [0.2, 0.25) is 0 Å². The number of aromatic nitrogens is 2. The number of thiophene rings is 1. The van der Waals surface area contributed by atoms with E-state index >= 15 is 0 Å². The van der Waals surface area contributed by atoms with Gasteiger partial charge >= 0.3 is 0 Å². The predicted octanol–water partition coefficient (Wildman–Crippen LogP) is 4.61. The molecule has 1 aliphatic heterocycles. The Balaban J connectivity index is 1.32. The number of nitrogens with zero attached hydrogens (tertiary/aromatic N) is 3. The molecule has 4 aromatic rings. The zero-order chi connectivity index (χ0) is 23.7. The van der Waals surface area contributed by atoms with Crippen LogP contribution in [0.3, 0.4) is 0 Å². The minimum Gasteiger partial charge on any atom is -0.369 e. The van der Waals surface area contributed by atoms with E-state index in [-0.39, 0.29) is 17.6 Å². The van der Waals surface area contributed by atoms with Gasteiger partial charge in [-0.3, -0.25) is 14.7 Å². The Hall–Kier alpha value is -3.49. The Morgan fingerprint density at radius 2 is 1.76 bits per heavy atom. The quantitative estimate of drug-likeness (QED) is 0.400. The van der Waals surface area contributed by atoms with Crippen LogP contribution in [0, 0.1) is 0 Å². The molecule has 1 amide bonds. The van der Waals surface area contributed by atoms with Crippen molar-refractivity contribution in [2.24, 2.45) is 0 Å². The molecule has 1 fully saturated rings. The van der Waals surface area contributed by atoms with Gasteiger partial charge in [0.25, 0.3) is 5.91 Å². The van der Waals surface area contributed by atoms with Gasteiger partial charge in [-0.05, 0) is 61.0 Å². The first-order valence-electron chi connectivity index (χ1n) is 11.4. The third-order valence-electron chi connectivity index (χ3n) is 6.44. The Labute approximate surface area is 202 Å². The van der Waals surface area contributed by atoms with E-state index in [4.69, 9.17) is 0 Å². The highest BCUT2D eigenvalue weighted by Gasteiger charge is 2.20. The van der Waals surface area contributed by atoms with Crippen LogP contribution in [0.1, 0.15) is 38.4 Å². The van der Waals surface area contributed by atoms with Gasteiger partial charge < -0.3 is 15.1 Å². The van der Waals surface area contributed by atoms with Gasteiger partial charge in [-0.25, -0.2) is 0 Å². The van der Waals surface area contributed by atoms with E-state index in [0.717, 1.165) is 42.3 Å². The fraction of sp³-hybridized carbons (Fsp3) is 0.269. The summed E-state index contributed by atoms with van der Waals surface area (Å²) in [4.78, 5) is 31.6. The van der Waals surface area contributed by atoms with E-state index in [1.807, 2.05) is 54.8 Å². The van der Waals surface area contributed by atoms with Gasteiger partial charge in [0, 0.05) is 53.3 Å². The number of benzene rings is 2. The minimum absolute atomic E-state index is 0.0438. The van der Waals surface area contributed by atoms with E-state index in [1.54, 1.807) is 23.5 Å². The summed E-state index contributed by atoms with van der Waals surface area (Å²) in [6, 6.07) is 17.0. The average molecular weight is 474 g/mol. The number of carbonyl (C=O) groups is 2. The standard InChI is InChI=1S/C26H27N5O2S/c1-17(23-4-3-15-34-23)24(32)19-7-10-22-21(16-19)25(29-28-22)27-26(33)18-5-8-20(9-6-18)31-13-11-30(2)12-14-31/h3-10,15-17H,11-14H2,1-2H3,(H2,27,28,29,33). The number of piperazine rings is 1. The number of aromatic amines is 1. The first kappa shape index (κ1) is 22.3. The number of nitrogens with one attached hydrogen (secondary N) is 2. The lowest BCUT2D eigenvalue weighted by molar-refractivity contribution is 0.0966. The molecular formula is C26H27N5O2S. The topological polar surface area (TPSA) is 81.3 Å². The van der Waals surface area contributed by atoms with Crippen LogP contribution < -0.4 is 10.2 Å². The van der Waals surface area contributed by atoms with Gasteiger partial charge in [0.05, 0.1) is 11.4 Å². The fourth-order valence-corrected chi connectivity index (χ4v) is 5.03. The summed E-state index contributed by atoms with van der Waals surface area (Å²) < 4.78 is 0. The molecule has 1 saturated heterocycles. The largest absolute Gasteiger partial charge is 0.369 e. The van der Waals surface area contributed by atoms with Crippen LogP contribution in [0.4, 0.5) is 11.5 Å². The highest BCUT2D eigenvalue weighted by Crippen LogP contribution is 2.28. The van der Waals surface area contributed by atoms with Gasteiger partial charge in [0.1, 0.15) is 0 Å². The number of amides is 1. The molecule has 34 heavy (non-hydrogen) atoms. The number of H-pyrrole nitrogens is 1. The maximum atomic E-state index is 13.0. The number of Topliss-reactive ketones (excluding diaryl/α,β-unsaturated/α-hetero) is 1. The second-order valence-corrected chi connectivity index (χ2v) is 9.70. The Morgan fingerprint density at radius 3 is 2.47 bits per heavy atom. The summed E-state index contributed by atoms with van der Waals surface area (Å²) in [5, 5.41) is 12.8. The third kappa shape index (κ3) is 4.47. The maximum Gasteiger partial charge on any atom is 0.256 e. The number of carbonyl (C=O) groups excluding carboxylic acids is 2. The van der Waals surface area contributed by atoms with E-state index in [1.165, 1.54) is 0 Å². The van der Waals surface area contributed by atoms with Crippen LogP contribution in [-0.2, 0) is 0 Å². The number of rotatable bonds is 6. The monoisotopic (exact) mass is 473 g/mol. The molecule has 0 spiro atoms. The highest BCUT2D eigenvalue weighted by atomic mass is 32.1. The highest BCUT2D eigenvalue weighted by molar-refractivity contribution is 7.10. The predicted molar refractivity (Wildman–Crippen MR) is 137 cm³/mol. The van der Waals surface area contributed by atoms with Gasteiger partial charge in [-0.1, -0.05) is 13.0 Å². The van der Waals surface area contributed by atoms with Crippen LogP contribution >= 0.6 is 11.3 Å². The van der Waals surface area contributed by atoms with Crippen LogP contribution in [0.5, 0.6) is 0 Å². The maximum absolute atomic E-state index is 13.0. The number of ketones is 1. The SMILES string of the molecule is CC(C(=O)c1ccc2[nH]nc(NC(=O)c3ccc(N4CCN(C)CC4)cc3)c2c1)c1cccs1. The second kappa shape index (κ2) is 9.40. The lowest BCUT2D eigenvalue weighted by Gasteiger charge is -2.34. The lowest BCUT2D eigenvalue weighted by atomic mass is 9.97. The number of hydrogen-bond donors (Lipinski definition) is 2. The molecule has 1 atom stereocenters. The zero-order valence-corrected chi connectivity index (χ0v) is 20.1. The van der Waals surface area contributed by atoms with E-state index in [2.05, 4.69) is 32.4 Å². The van der Waals surface area contributed by atoms with Crippen LogP contribution in [0.25, 0.3) is 10.9 Å². The molecule has 3 heterocycles. The normalized spacial score (nSPS) is 15.4. The lowest BCUT2D eigenvalue weighted by Crippen LogP contribution is -2.44. The third-order valence-corrected chi connectivity index (χ3v) is 7.50. The summed E-state index contributed by atoms with van der Waals surface area (Å²) in [6.45, 7) is 5.94. The van der Waals surface area contributed by atoms with Crippen molar-refractivity contribution >= 4 is 45.4 Å². The van der Waals surface area contributed by atoms with Crippen molar-refractivity contribution in [3.05, 3.63) is 76.0 Å². The molecule has 0 bridgehead atoms. The molecule has 5 rings (SSSR count). The molecule has 2 N–H and O–H groups in total. The van der Waals surface area contributed by atoms with Crippen molar-refractivity contribution < 1.29 is 9.59 Å². The van der Waals surface area contributed by atoms with Crippen LogP contribution in [0.15, 0.2) is 60.0 Å². The minimum atomic E-state index is -0.234. The Morgan fingerprint density at radius 1 is 1.03 bits per heavy atom. The second-order valence-electron chi connectivity index (χ2n) is 8.73. The smallest absolute Gasteiger partial charge is 0.256 e. The molecule has 1 aliphatic rings. The van der Waals surface area contributed by atoms with Crippen molar-refractivity contribution in [2.45, 2.75) is 12.8 Å². The molecule has 8 heteroatoms. The van der Waals surface area contributed by atoms with Crippen molar-refractivity contribution in [3.8, 4) is 0 Å². The number of hydrogen-bond acceptors (Lipinski definition) is 6. The number of anilines is 2. The molecule has 2 aromatic heterocycles. The van der Waals surface area contributed by atoms with Gasteiger partial charge in [-0.2, -0.15) is 5.10 Å². The molecule has 0 radical (unpaired) electrons. The summed E-state index contributed by atoms with van der Waals surface area (Å²) in [5.41, 5.74) is 3.05. The first-order valence-corrected chi connectivity index (χ1v) is 12.3. The van der Waals surface area contributed by atoms with E-state index in [9.17, 15) is 9.59 Å². The summed E-state index contributed by atoms with van der Waals surface area (Å²) in [7, 11) is 2.13. The van der Waals surface area contributed by atoms with E-state index < -0.39 is 0 Å². The first-order chi connectivity index (χ1) is 16.5. The van der Waals surface area contributed by atoms with Crippen molar-refractivity contribution in [1.82, 2.24) is 15.1 Å². The molecule has 0 aliphatic carbocycles. The molecule has 7 nitrogen and oxygen atoms in total. The summed E-state index contributed by atoms with van der Waals surface area (Å²) in [6.07, 6.45) is 0. The summed E-state index contributed by atoms with van der Waals surface area (Å²) >= 11 is 1.58. The molecule has 1 unspecified atom stereocenters. The molecule has 2 aromatic carbocycles.